The molecule has 0 aliphatic carbocycles. The highest BCUT2D eigenvalue weighted by atomic mass is 79.9. The molecule has 1 fully saturated rings. The van der Waals surface area contributed by atoms with Crippen LogP contribution in [0.25, 0.3) is 0 Å². The van der Waals surface area contributed by atoms with Crippen molar-refractivity contribution in [2.24, 2.45) is 0 Å². The van der Waals surface area contributed by atoms with E-state index in [1.807, 2.05) is 24.3 Å². The fourth-order valence-electron chi connectivity index (χ4n) is 4.52. The van der Waals surface area contributed by atoms with Crippen LogP contribution in [0.1, 0.15) is 63.1 Å². The highest BCUT2D eigenvalue weighted by Gasteiger charge is 2.20. The summed E-state index contributed by atoms with van der Waals surface area (Å²) in [5.41, 5.74) is 9.98. The summed E-state index contributed by atoms with van der Waals surface area (Å²) in [7, 11) is 0. The molecule has 9 heteroatoms. The fourth-order valence-corrected chi connectivity index (χ4v) is 5.02. The van der Waals surface area contributed by atoms with Crippen LogP contribution in [-0.4, -0.2) is 62.1 Å². The molecular formula is C32H35BrN2O6. The number of nitrogens with zero attached hydrogens (tertiary/aromatic N) is 1. The molecule has 1 unspecified atom stereocenters. The Hall–Kier alpha value is -3.53. The van der Waals surface area contributed by atoms with E-state index < -0.39 is 11.9 Å². The molecule has 8 nitrogen and oxygen atoms in total. The van der Waals surface area contributed by atoms with E-state index in [1.54, 1.807) is 49.4 Å². The van der Waals surface area contributed by atoms with E-state index in [0.717, 1.165) is 18.7 Å². The minimum absolute atomic E-state index is 0.0952. The van der Waals surface area contributed by atoms with Gasteiger partial charge in [0.2, 0.25) is 0 Å². The molecule has 1 aliphatic heterocycles. The Morgan fingerprint density at radius 1 is 0.902 bits per heavy atom. The van der Waals surface area contributed by atoms with Crippen molar-refractivity contribution in [2.45, 2.75) is 32.2 Å². The van der Waals surface area contributed by atoms with Crippen LogP contribution in [0.2, 0.25) is 0 Å². The Morgan fingerprint density at radius 2 is 1.59 bits per heavy atom. The third kappa shape index (κ3) is 8.48. The van der Waals surface area contributed by atoms with Crippen molar-refractivity contribution < 1.29 is 28.6 Å². The molecule has 3 aromatic rings. The lowest BCUT2D eigenvalue weighted by Crippen LogP contribution is -2.35. The van der Waals surface area contributed by atoms with Crippen molar-refractivity contribution in [3.05, 3.63) is 99.0 Å². The predicted octanol–water partition coefficient (Wildman–Crippen LogP) is 5.38. The molecular weight excluding hydrogens is 588 g/mol. The number of carbonyl (C=O) groups excluding carboxylic acids is 3. The number of nitrogens with two attached hydrogens (primary N) is 1. The van der Waals surface area contributed by atoms with Crippen LogP contribution in [0.3, 0.4) is 0 Å². The summed E-state index contributed by atoms with van der Waals surface area (Å²) in [6, 6.07) is 19.5. The zero-order valence-electron chi connectivity index (χ0n) is 23.1. The summed E-state index contributed by atoms with van der Waals surface area (Å²) in [5.74, 6) is -1.41. The van der Waals surface area contributed by atoms with Gasteiger partial charge in [0, 0.05) is 35.2 Å². The largest absolute Gasteiger partial charge is 0.465 e. The van der Waals surface area contributed by atoms with Crippen molar-refractivity contribution in [1.82, 2.24) is 4.90 Å². The van der Waals surface area contributed by atoms with Crippen molar-refractivity contribution in [2.75, 3.05) is 45.3 Å². The number of unbranched alkanes of at least 4 members (excludes halogenated alkanes) is 1. The number of carbonyl (C=O) groups is 3. The Kier molecular flexibility index (Phi) is 11.1. The smallest absolute Gasteiger partial charge is 0.338 e. The highest BCUT2D eigenvalue weighted by Crippen LogP contribution is 2.27. The van der Waals surface area contributed by atoms with Gasteiger partial charge in [0.05, 0.1) is 43.6 Å². The van der Waals surface area contributed by atoms with Gasteiger partial charge < -0.3 is 19.9 Å². The summed E-state index contributed by atoms with van der Waals surface area (Å²) < 4.78 is 17.0. The number of hydrogen-bond donors (Lipinski definition) is 1. The molecule has 216 valence electrons. The molecule has 4 rings (SSSR count). The summed E-state index contributed by atoms with van der Waals surface area (Å²) in [6.07, 6.45) is 1.09. The molecule has 0 spiro atoms. The predicted molar refractivity (Wildman–Crippen MR) is 160 cm³/mol. The monoisotopic (exact) mass is 622 g/mol. The molecule has 0 bridgehead atoms. The number of esters is 2. The van der Waals surface area contributed by atoms with E-state index in [9.17, 15) is 14.4 Å². The van der Waals surface area contributed by atoms with Crippen molar-refractivity contribution in [1.29, 1.82) is 0 Å². The van der Waals surface area contributed by atoms with E-state index in [4.69, 9.17) is 19.9 Å². The first-order chi connectivity index (χ1) is 19.8. The lowest BCUT2D eigenvalue weighted by Gasteiger charge is -2.27. The first kappa shape index (κ1) is 30.4. The second-order valence-corrected chi connectivity index (χ2v) is 10.8. The number of anilines is 1. The molecule has 1 saturated heterocycles. The van der Waals surface area contributed by atoms with Crippen LogP contribution in [0.4, 0.5) is 5.69 Å². The van der Waals surface area contributed by atoms with Gasteiger partial charge in [-0.25, -0.2) is 4.79 Å². The standard InChI is InChI=1S/C32H35BrN2O6/c1-22(24-10-7-11-25(18-24)30(36)23-8-3-2-4-9-23)31(37)40-14-5-6-15-41-32(38)26-19-27(29(34)28(33)20-26)21-35-12-16-39-17-13-35/h2-4,7-11,18-20,22H,5-6,12-17,21,34H2,1H3. The van der Waals surface area contributed by atoms with Crippen LogP contribution >= 0.6 is 15.9 Å². The second-order valence-electron chi connectivity index (χ2n) is 9.97. The molecule has 2 N–H and O–H groups in total. The average Bonchev–Trinajstić information content (AvgIpc) is 3.01. The van der Waals surface area contributed by atoms with E-state index in [2.05, 4.69) is 20.8 Å². The third-order valence-electron chi connectivity index (χ3n) is 7.00. The maximum atomic E-state index is 12.8. The van der Waals surface area contributed by atoms with Crippen LogP contribution in [0.5, 0.6) is 0 Å². The SMILES string of the molecule is CC(C(=O)OCCCCOC(=O)c1cc(Br)c(N)c(CN2CCOCC2)c1)c1cccc(C(=O)c2ccccc2)c1. The Morgan fingerprint density at radius 3 is 2.32 bits per heavy atom. The highest BCUT2D eigenvalue weighted by molar-refractivity contribution is 9.10. The third-order valence-corrected chi connectivity index (χ3v) is 7.66. The topological polar surface area (TPSA) is 108 Å². The van der Waals surface area contributed by atoms with Gasteiger partial charge >= 0.3 is 11.9 Å². The summed E-state index contributed by atoms with van der Waals surface area (Å²) in [5, 5.41) is 0. The molecule has 1 aliphatic rings. The van der Waals surface area contributed by atoms with Gasteiger partial charge in [0.25, 0.3) is 0 Å². The lowest BCUT2D eigenvalue weighted by molar-refractivity contribution is -0.145. The first-order valence-electron chi connectivity index (χ1n) is 13.7. The minimum atomic E-state index is -0.521. The van der Waals surface area contributed by atoms with Crippen molar-refractivity contribution >= 4 is 39.3 Å². The van der Waals surface area contributed by atoms with E-state index in [-0.39, 0.29) is 25.0 Å². The lowest BCUT2D eigenvalue weighted by atomic mass is 9.96. The molecule has 1 atom stereocenters. The number of ether oxygens (including phenoxy) is 3. The maximum absolute atomic E-state index is 12.8. The number of nitrogen functional groups attached to an aromatic ring is 1. The number of rotatable bonds is 12. The molecule has 0 saturated carbocycles. The van der Waals surface area contributed by atoms with Gasteiger partial charge in [0.15, 0.2) is 5.78 Å². The number of hydrogen-bond acceptors (Lipinski definition) is 8. The molecule has 3 aromatic carbocycles. The number of halogens is 1. The van der Waals surface area contributed by atoms with E-state index >= 15 is 0 Å². The van der Waals surface area contributed by atoms with Gasteiger partial charge in [-0.1, -0.05) is 48.5 Å². The molecule has 0 radical (unpaired) electrons. The molecule has 41 heavy (non-hydrogen) atoms. The Balaban J connectivity index is 1.20. The Bertz CT molecular complexity index is 1360. The van der Waals surface area contributed by atoms with E-state index in [1.165, 1.54) is 0 Å². The summed E-state index contributed by atoms with van der Waals surface area (Å²) >= 11 is 3.45. The zero-order chi connectivity index (χ0) is 29.2. The minimum Gasteiger partial charge on any atom is -0.465 e. The van der Waals surface area contributed by atoms with Gasteiger partial charge in [0.1, 0.15) is 0 Å². The van der Waals surface area contributed by atoms with Crippen LogP contribution in [-0.2, 0) is 25.5 Å². The van der Waals surface area contributed by atoms with Crippen LogP contribution < -0.4 is 5.73 Å². The Labute approximate surface area is 248 Å². The van der Waals surface area contributed by atoms with Crippen molar-refractivity contribution in [3.63, 3.8) is 0 Å². The number of benzene rings is 3. The normalized spacial score (nSPS) is 14.3. The molecule has 0 aromatic heterocycles. The molecule has 1 heterocycles. The maximum Gasteiger partial charge on any atom is 0.338 e. The number of morpholine rings is 1. The van der Waals surface area contributed by atoms with Crippen LogP contribution in [0.15, 0.2) is 71.2 Å². The van der Waals surface area contributed by atoms with Crippen LogP contribution in [0, 0.1) is 0 Å². The van der Waals surface area contributed by atoms with Gasteiger partial charge in [-0.2, -0.15) is 0 Å². The van der Waals surface area contributed by atoms with E-state index in [0.29, 0.717) is 65.0 Å². The quantitative estimate of drug-likeness (QED) is 0.124. The average molecular weight is 624 g/mol. The number of ketones is 1. The van der Waals surface area contributed by atoms with Gasteiger partial charge in [-0.05, 0) is 65.0 Å². The van der Waals surface area contributed by atoms with Crippen molar-refractivity contribution in [3.8, 4) is 0 Å². The fraction of sp³-hybridized carbons (Fsp3) is 0.344. The summed E-state index contributed by atoms with van der Waals surface area (Å²) in [6.45, 7) is 5.79. The first-order valence-corrected chi connectivity index (χ1v) is 14.5. The molecule has 0 amide bonds. The second kappa shape index (κ2) is 14.9. The zero-order valence-corrected chi connectivity index (χ0v) is 24.7. The summed E-state index contributed by atoms with van der Waals surface area (Å²) in [4.78, 5) is 40.3. The van der Waals surface area contributed by atoms with Gasteiger partial charge in [-0.15, -0.1) is 0 Å². The van der Waals surface area contributed by atoms with Gasteiger partial charge in [-0.3, -0.25) is 14.5 Å².